The van der Waals surface area contributed by atoms with Crippen molar-refractivity contribution < 1.29 is 9.90 Å². The zero-order valence-electron chi connectivity index (χ0n) is 6.37. The fraction of sp³-hybridized carbons (Fsp3) is 0.857. The van der Waals surface area contributed by atoms with E-state index < -0.39 is 0 Å². The number of nitrogens with zero attached hydrogens (tertiary/aromatic N) is 1. The third-order valence-electron chi connectivity index (χ3n) is 2.04. The maximum absolute atomic E-state index is 10.6. The third kappa shape index (κ3) is 1.29. The molecule has 1 heterocycles. The van der Waals surface area contributed by atoms with E-state index in [1.807, 2.05) is 0 Å². The number of amides is 1. The van der Waals surface area contributed by atoms with Crippen LogP contribution in [0.25, 0.3) is 0 Å². The van der Waals surface area contributed by atoms with Gasteiger partial charge in [-0.15, -0.1) is 0 Å². The second-order valence-electron chi connectivity index (χ2n) is 2.92. The lowest BCUT2D eigenvalue weighted by Gasteiger charge is -2.40. The van der Waals surface area contributed by atoms with E-state index >= 15 is 0 Å². The lowest BCUT2D eigenvalue weighted by molar-refractivity contribution is -0.137. The average Bonchev–Trinajstić information content (AvgIpc) is 1.56. The van der Waals surface area contributed by atoms with E-state index in [1.54, 1.807) is 18.7 Å². The van der Waals surface area contributed by atoms with Gasteiger partial charge in [0.15, 0.2) is 0 Å². The molecule has 3 nitrogen and oxygen atoms in total. The van der Waals surface area contributed by atoms with Gasteiger partial charge in [-0.1, -0.05) is 0 Å². The number of hydrogen-bond donors (Lipinski definition) is 1. The Morgan fingerprint density at radius 3 is 2.50 bits per heavy atom. The minimum absolute atomic E-state index is 0.108. The zero-order valence-corrected chi connectivity index (χ0v) is 6.37. The Morgan fingerprint density at radius 1 is 1.70 bits per heavy atom. The van der Waals surface area contributed by atoms with Crippen LogP contribution >= 0.6 is 0 Å². The van der Waals surface area contributed by atoms with Crippen LogP contribution in [0.5, 0.6) is 0 Å². The van der Waals surface area contributed by atoms with Gasteiger partial charge in [-0.3, -0.25) is 4.79 Å². The molecule has 10 heavy (non-hydrogen) atoms. The van der Waals surface area contributed by atoms with Crippen molar-refractivity contribution >= 4 is 5.91 Å². The Labute approximate surface area is 60.6 Å². The number of carbonyl (C=O) groups excluding carboxylic acids is 1. The van der Waals surface area contributed by atoms with Gasteiger partial charge in [0.2, 0.25) is 5.91 Å². The normalized spacial score (nSPS) is 22.1. The highest BCUT2D eigenvalue weighted by molar-refractivity contribution is 5.74. The molecular formula is C7H13NO2. The molecule has 3 heteroatoms. The second-order valence-corrected chi connectivity index (χ2v) is 2.92. The van der Waals surface area contributed by atoms with E-state index in [-0.39, 0.29) is 12.0 Å². The molecule has 1 unspecified atom stereocenters. The van der Waals surface area contributed by atoms with E-state index in [1.165, 1.54) is 0 Å². The highest BCUT2D eigenvalue weighted by Crippen LogP contribution is 2.18. The first kappa shape index (κ1) is 7.54. The van der Waals surface area contributed by atoms with Crippen molar-refractivity contribution in [3.8, 4) is 0 Å². The molecule has 1 N–H and O–H groups in total. The lowest BCUT2D eigenvalue weighted by atomic mass is 9.95. The van der Waals surface area contributed by atoms with E-state index in [4.69, 9.17) is 5.11 Å². The van der Waals surface area contributed by atoms with Gasteiger partial charge in [0.25, 0.3) is 0 Å². The molecule has 0 saturated carbocycles. The molecular weight excluding hydrogens is 130 g/mol. The molecule has 1 aliphatic heterocycles. The van der Waals surface area contributed by atoms with Crippen LogP contribution in [0.3, 0.4) is 0 Å². The predicted molar refractivity (Wildman–Crippen MR) is 37.4 cm³/mol. The van der Waals surface area contributed by atoms with Crippen molar-refractivity contribution in [2.24, 2.45) is 5.92 Å². The Bertz CT molecular complexity index is 139. The summed E-state index contributed by atoms with van der Waals surface area (Å²) in [6.07, 6.45) is -0.268. The van der Waals surface area contributed by atoms with Crippen molar-refractivity contribution in [3.05, 3.63) is 0 Å². The summed E-state index contributed by atoms with van der Waals surface area (Å²) in [5, 5.41) is 9.03. The number of aliphatic hydroxyl groups is 1. The molecule has 0 radical (unpaired) electrons. The van der Waals surface area contributed by atoms with Crippen LogP contribution in [0.15, 0.2) is 0 Å². The van der Waals surface area contributed by atoms with Gasteiger partial charge in [0.1, 0.15) is 0 Å². The number of likely N-dealkylation sites (tertiary alicyclic amines) is 1. The van der Waals surface area contributed by atoms with Gasteiger partial charge >= 0.3 is 0 Å². The molecule has 0 spiro atoms. The van der Waals surface area contributed by atoms with Crippen molar-refractivity contribution in [3.63, 3.8) is 0 Å². The lowest BCUT2D eigenvalue weighted by Crippen LogP contribution is -2.52. The van der Waals surface area contributed by atoms with Gasteiger partial charge in [0.05, 0.1) is 6.10 Å². The third-order valence-corrected chi connectivity index (χ3v) is 2.04. The van der Waals surface area contributed by atoms with E-state index in [0.717, 1.165) is 13.1 Å². The predicted octanol–water partition coefficient (Wildman–Crippen LogP) is -0.155. The van der Waals surface area contributed by atoms with Crippen LogP contribution in [0.2, 0.25) is 0 Å². The summed E-state index contributed by atoms with van der Waals surface area (Å²) in [5.74, 6) is 0.417. The number of carbonyl (C=O) groups is 1. The van der Waals surface area contributed by atoms with Gasteiger partial charge in [-0.2, -0.15) is 0 Å². The van der Waals surface area contributed by atoms with Gasteiger partial charge in [-0.05, 0) is 6.92 Å². The minimum atomic E-state index is -0.268. The number of aliphatic hydroxyl groups excluding tert-OH is 1. The summed E-state index contributed by atoms with van der Waals surface area (Å²) in [7, 11) is 0. The van der Waals surface area contributed by atoms with Crippen molar-refractivity contribution in [1.82, 2.24) is 4.90 Å². The standard InChI is InChI=1S/C7H13NO2/c1-5(9)7-3-8(4-7)6(2)10/h5,7,9H,3-4H2,1-2H3. The monoisotopic (exact) mass is 143 g/mol. The molecule has 0 aromatic carbocycles. The molecule has 1 amide bonds. The fourth-order valence-corrected chi connectivity index (χ4v) is 1.07. The summed E-state index contributed by atoms with van der Waals surface area (Å²) in [5.41, 5.74) is 0. The fourth-order valence-electron chi connectivity index (χ4n) is 1.07. The molecule has 0 aliphatic carbocycles. The van der Waals surface area contributed by atoms with Crippen LogP contribution in [-0.2, 0) is 4.79 Å². The zero-order chi connectivity index (χ0) is 7.72. The smallest absolute Gasteiger partial charge is 0.219 e. The first-order valence-electron chi connectivity index (χ1n) is 3.55. The van der Waals surface area contributed by atoms with E-state index in [0.29, 0.717) is 5.92 Å². The summed E-state index contributed by atoms with van der Waals surface area (Å²) < 4.78 is 0. The van der Waals surface area contributed by atoms with Gasteiger partial charge < -0.3 is 10.0 Å². The highest BCUT2D eigenvalue weighted by atomic mass is 16.3. The van der Waals surface area contributed by atoms with Crippen molar-refractivity contribution in [1.29, 1.82) is 0 Å². The van der Waals surface area contributed by atoms with Crippen LogP contribution in [0.4, 0.5) is 0 Å². The van der Waals surface area contributed by atoms with Crippen LogP contribution in [-0.4, -0.2) is 35.1 Å². The van der Waals surface area contributed by atoms with Crippen LogP contribution in [0, 0.1) is 5.92 Å². The Kier molecular flexibility index (Phi) is 1.94. The highest BCUT2D eigenvalue weighted by Gasteiger charge is 2.31. The van der Waals surface area contributed by atoms with Crippen LogP contribution in [0.1, 0.15) is 13.8 Å². The Hall–Kier alpha value is -0.570. The summed E-state index contributed by atoms with van der Waals surface area (Å²) in [6, 6.07) is 0. The molecule has 1 rings (SSSR count). The van der Waals surface area contributed by atoms with Crippen molar-refractivity contribution in [2.45, 2.75) is 20.0 Å². The molecule has 1 atom stereocenters. The van der Waals surface area contributed by atoms with E-state index in [9.17, 15) is 4.79 Å². The number of hydrogen-bond acceptors (Lipinski definition) is 2. The maximum Gasteiger partial charge on any atom is 0.219 e. The quantitative estimate of drug-likeness (QED) is 0.554. The Morgan fingerprint density at radius 2 is 2.20 bits per heavy atom. The maximum atomic E-state index is 10.6. The first-order chi connectivity index (χ1) is 4.61. The van der Waals surface area contributed by atoms with E-state index in [2.05, 4.69) is 0 Å². The summed E-state index contributed by atoms with van der Waals surface area (Å²) >= 11 is 0. The molecule has 1 saturated heterocycles. The van der Waals surface area contributed by atoms with Crippen LogP contribution < -0.4 is 0 Å². The average molecular weight is 143 g/mol. The Balaban J connectivity index is 2.24. The largest absolute Gasteiger partial charge is 0.393 e. The van der Waals surface area contributed by atoms with Gasteiger partial charge in [0, 0.05) is 25.9 Å². The molecule has 0 aromatic heterocycles. The summed E-state index contributed by atoms with van der Waals surface area (Å²) in [4.78, 5) is 12.4. The molecule has 0 bridgehead atoms. The topological polar surface area (TPSA) is 40.5 Å². The SMILES string of the molecule is CC(=O)N1CC(C(C)O)C1. The molecule has 0 aromatic rings. The first-order valence-corrected chi connectivity index (χ1v) is 3.55. The number of rotatable bonds is 1. The summed E-state index contributed by atoms with van der Waals surface area (Å²) in [6.45, 7) is 4.78. The molecule has 58 valence electrons. The van der Waals surface area contributed by atoms with Crippen molar-refractivity contribution in [2.75, 3.05) is 13.1 Å². The molecule has 1 aliphatic rings. The minimum Gasteiger partial charge on any atom is -0.393 e. The second kappa shape index (κ2) is 2.58. The van der Waals surface area contributed by atoms with Gasteiger partial charge in [-0.25, -0.2) is 0 Å². The molecule has 1 fully saturated rings.